The molecule has 5 nitrogen and oxygen atoms in total. The van der Waals surface area contributed by atoms with E-state index in [1.165, 1.54) is 30.5 Å². The fraction of sp³-hybridized carbons (Fsp3) is 0.436. The molecule has 3 atom stereocenters. The second kappa shape index (κ2) is 16.6. The monoisotopic (exact) mass is 613 g/mol. The van der Waals surface area contributed by atoms with Gasteiger partial charge in [-0.25, -0.2) is 4.39 Å². The minimum absolute atomic E-state index is 0.0192. The quantitative estimate of drug-likeness (QED) is 0.0900. The SMILES string of the molecule is C=CCC/C(=C\C)OC(=O)C[C@H](O)C[C@H](O)/C=C/c1c(C2CC2)nc2cc(C(CC)CCCC)ccc2c1-c1ccc(F)cc1. The number of aromatic nitrogens is 1. The second-order valence-corrected chi connectivity index (χ2v) is 12.2. The lowest BCUT2D eigenvalue weighted by Crippen LogP contribution is -2.20. The number of nitrogens with zero attached hydrogens (tertiary/aromatic N) is 1. The van der Waals surface area contributed by atoms with Gasteiger partial charge in [-0.15, -0.1) is 6.58 Å². The van der Waals surface area contributed by atoms with Crippen molar-refractivity contribution in [1.29, 1.82) is 0 Å². The Balaban J connectivity index is 1.64. The van der Waals surface area contributed by atoms with E-state index in [2.05, 4.69) is 38.6 Å². The number of carbonyl (C=O) groups is 1. The highest BCUT2D eigenvalue weighted by Gasteiger charge is 2.30. The Morgan fingerprint density at radius 1 is 1.16 bits per heavy atom. The van der Waals surface area contributed by atoms with Gasteiger partial charge < -0.3 is 14.9 Å². The molecule has 1 unspecified atom stereocenters. The molecular formula is C39H48FNO4. The number of allylic oxidation sites excluding steroid dienone is 3. The summed E-state index contributed by atoms with van der Waals surface area (Å²) in [5.74, 6) is 0.494. The standard InChI is InChI=1S/C39H48FNO4/c1-5-9-11-26(7-3)29-17-21-34-36(23-29)41-39(28-13-14-28)35(38(34)27-15-18-30(40)19-16-27)22-20-31(42)24-32(43)25-37(44)45-33(8-4)12-10-6-2/h6,8,15-23,26,28,31-32,42-43H,2,5,7,9-14,24-25H2,1,3-4H3/b22-20+,33-8+/t26?,31-,32-/m1/s1. The number of aliphatic hydroxyl groups is 2. The van der Waals surface area contributed by atoms with Crippen molar-refractivity contribution in [3.8, 4) is 11.1 Å². The molecule has 0 amide bonds. The van der Waals surface area contributed by atoms with Crippen molar-refractivity contribution in [3.63, 3.8) is 0 Å². The summed E-state index contributed by atoms with van der Waals surface area (Å²) in [5.41, 5.74) is 5.95. The van der Waals surface area contributed by atoms with Crippen LogP contribution in [0.3, 0.4) is 0 Å². The number of aliphatic hydroxyl groups excluding tert-OH is 2. The van der Waals surface area contributed by atoms with Gasteiger partial charge in [-0.2, -0.15) is 0 Å². The number of halogens is 1. The predicted octanol–water partition coefficient (Wildman–Crippen LogP) is 9.53. The van der Waals surface area contributed by atoms with Gasteiger partial charge in [-0.05, 0) is 80.3 Å². The second-order valence-electron chi connectivity index (χ2n) is 12.2. The molecule has 1 heterocycles. The average Bonchev–Trinajstić information content (AvgIpc) is 3.88. The van der Waals surface area contributed by atoms with E-state index in [-0.39, 0.29) is 18.7 Å². The molecule has 1 aliphatic rings. The molecular weight excluding hydrogens is 565 g/mol. The smallest absolute Gasteiger partial charge is 0.313 e. The van der Waals surface area contributed by atoms with E-state index in [1.807, 2.05) is 6.08 Å². The molecule has 240 valence electrons. The van der Waals surface area contributed by atoms with Crippen LogP contribution >= 0.6 is 0 Å². The van der Waals surface area contributed by atoms with Gasteiger partial charge in [0.05, 0.1) is 29.8 Å². The summed E-state index contributed by atoms with van der Waals surface area (Å²) in [4.78, 5) is 17.6. The van der Waals surface area contributed by atoms with Crippen molar-refractivity contribution in [1.82, 2.24) is 4.98 Å². The fourth-order valence-electron chi connectivity index (χ4n) is 5.92. The third-order valence-electron chi connectivity index (χ3n) is 8.61. The fourth-order valence-corrected chi connectivity index (χ4v) is 5.92. The van der Waals surface area contributed by atoms with Gasteiger partial charge in [0.2, 0.25) is 0 Å². The molecule has 1 aromatic heterocycles. The average molecular weight is 614 g/mol. The minimum atomic E-state index is -1.07. The number of unbranched alkanes of at least 4 members (excludes halogenated alkanes) is 1. The molecule has 2 N–H and O–H groups in total. The van der Waals surface area contributed by atoms with Crippen LogP contribution < -0.4 is 0 Å². The Kier molecular flexibility index (Phi) is 12.7. The number of hydrogen-bond donors (Lipinski definition) is 2. The van der Waals surface area contributed by atoms with Crippen LogP contribution in [-0.4, -0.2) is 33.4 Å². The van der Waals surface area contributed by atoms with Gasteiger partial charge in [0.1, 0.15) is 11.6 Å². The topological polar surface area (TPSA) is 79.7 Å². The lowest BCUT2D eigenvalue weighted by atomic mass is 9.88. The first-order valence-electron chi connectivity index (χ1n) is 16.5. The number of esters is 1. The van der Waals surface area contributed by atoms with Crippen molar-refractivity contribution in [2.24, 2.45) is 0 Å². The van der Waals surface area contributed by atoms with Crippen LogP contribution in [0.25, 0.3) is 28.1 Å². The molecule has 1 aliphatic carbocycles. The minimum Gasteiger partial charge on any atom is -0.431 e. The van der Waals surface area contributed by atoms with Gasteiger partial charge in [0.25, 0.3) is 0 Å². The maximum Gasteiger partial charge on any atom is 0.313 e. The maximum atomic E-state index is 14.0. The lowest BCUT2D eigenvalue weighted by molar-refractivity contribution is -0.142. The Bertz CT molecular complexity index is 1510. The van der Waals surface area contributed by atoms with Crippen molar-refractivity contribution in [2.75, 3.05) is 0 Å². The van der Waals surface area contributed by atoms with Crippen LogP contribution in [-0.2, 0) is 9.53 Å². The first-order valence-corrected chi connectivity index (χ1v) is 16.5. The predicted molar refractivity (Wildman–Crippen MR) is 181 cm³/mol. The molecule has 2 aromatic carbocycles. The zero-order chi connectivity index (χ0) is 32.3. The van der Waals surface area contributed by atoms with Gasteiger partial charge in [-0.1, -0.05) is 69.2 Å². The third-order valence-corrected chi connectivity index (χ3v) is 8.61. The molecule has 0 saturated heterocycles. The number of fused-ring (bicyclic) bond motifs is 1. The number of ether oxygens (including phenoxy) is 1. The number of hydrogen-bond acceptors (Lipinski definition) is 5. The maximum absolute atomic E-state index is 14.0. The van der Waals surface area contributed by atoms with E-state index in [9.17, 15) is 19.4 Å². The van der Waals surface area contributed by atoms with E-state index < -0.39 is 18.2 Å². The van der Waals surface area contributed by atoms with Gasteiger partial charge in [0, 0.05) is 35.3 Å². The first kappa shape index (κ1) is 34.3. The van der Waals surface area contributed by atoms with Gasteiger partial charge >= 0.3 is 5.97 Å². The Morgan fingerprint density at radius 3 is 2.56 bits per heavy atom. The van der Waals surface area contributed by atoms with E-state index in [1.54, 1.807) is 37.3 Å². The van der Waals surface area contributed by atoms with Crippen molar-refractivity contribution in [2.45, 2.75) is 109 Å². The zero-order valence-corrected chi connectivity index (χ0v) is 27.0. The van der Waals surface area contributed by atoms with Crippen molar-refractivity contribution < 1.29 is 24.1 Å². The molecule has 4 rings (SSSR count). The highest BCUT2D eigenvalue weighted by molar-refractivity contribution is 6.00. The van der Waals surface area contributed by atoms with Gasteiger partial charge in [0.15, 0.2) is 0 Å². The van der Waals surface area contributed by atoms with Crippen LogP contribution in [0.5, 0.6) is 0 Å². The normalized spacial score (nSPS) is 15.7. The molecule has 0 spiro atoms. The number of carbonyl (C=O) groups excluding carboxylic acids is 1. The highest BCUT2D eigenvalue weighted by atomic mass is 19.1. The number of rotatable bonds is 17. The molecule has 1 saturated carbocycles. The molecule has 6 heteroatoms. The van der Waals surface area contributed by atoms with Crippen molar-refractivity contribution in [3.05, 3.63) is 95.7 Å². The van der Waals surface area contributed by atoms with Crippen molar-refractivity contribution >= 4 is 22.9 Å². The van der Waals surface area contributed by atoms with Crippen LogP contribution in [0.15, 0.2) is 73.0 Å². The Morgan fingerprint density at radius 2 is 1.91 bits per heavy atom. The molecule has 0 radical (unpaired) electrons. The molecule has 3 aromatic rings. The van der Waals surface area contributed by atoms with E-state index in [4.69, 9.17) is 9.72 Å². The van der Waals surface area contributed by atoms with E-state index in [0.717, 1.165) is 59.0 Å². The summed E-state index contributed by atoms with van der Waals surface area (Å²) in [6, 6.07) is 13.1. The summed E-state index contributed by atoms with van der Waals surface area (Å²) >= 11 is 0. The van der Waals surface area contributed by atoms with Crippen LogP contribution in [0, 0.1) is 5.82 Å². The van der Waals surface area contributed by atoms with Crippen LogP contribution in [0.2, 0.25) is 0 Å². The Hall–Kier alpha value is -3.61. The number of pyridine rings is 1. The number of benzene rings is 2. The first-order chi connectivity index (χ1) is 21.8. The summed E-state index contributed by atoms with van der Waals surface area (Å²) in [7, 11) is 0. The lowest BCUT2D eigenvalue weighted by Gasteiger charge is -2.19. The molecule has 45 heavy (non-hydrogen) atoms. The molecule has 1 fully saturated rings. The molecule has 0 bridgehead atoms. The molecule has 0 aliphatic heterocycles. The summed E-state index contributed by atoms with van der Waals surface area (Å²) < 4.78 is 19.4. The summed E-state index contributed by atoms with van der Waals surface area (Å²) in [5, 5.41) is 22.4. The zero-order valence-electron chi connectivity index (χ0n) is 27.0. The highest BCUT2D eigenvalue weighted by Crippen LogP contribution is 2.46. The summed E-state index contributed by atoms with van der Waals surface area (Å²) in [6.45, 7) is 9.94. The van der Waals surface area contributed by atoms with Crippen LogP contribution in [0.4, 0.5) is 4.39 Å². The van der Waals surface area contributed by atoms with E-state index >= 15 is 0 Å². The van der Waals surface area contributed by atoms with Crippen LogP contribution in [0.1, 0.15) is 114 Å². The largest absolute Gasteiger partial charge is 0.431 e. The van der Waals surface area contributed by atoms with E-state index in [0.29, 0.717) is 30.4 Å². The third kappa shape index (κ3) is 9.44. The Labute approximate surface area is 267 Å². The van der Waals surface area contributed by atoms with Gasteiger partial charge in [-0.3, -0.25) is 9.78 Å². The summed E-state index contributed by atoms with van der Waals surface area (Å²) in [6.07, 6.45) is 12.6.